The molecule has 1 amide bonds. The number of nitrogens with one attached hydrogen (secondary N) is 1. The van der Waals surface area contributed by atoms with E-state index in [0.29, 0.717) is 11.3 Å². The van der Waals surface area contributed by atoms with E-state index in [9.17, 15) is 9.18 Å². The van der Waals surface area contributed by atoms with Gasteiger partial charge in [-0.25, -0.2) is 4.39 Å². The largest absolute Gasteiger partial charge is 0.453 e. The maximum atomic E-state index is 14.1. The smallest absolute Gasteiger partial charge is 0.237 e. The van der Waals surface area contributed by atoms with E-state index in [1.54, 1.807) is 24.4 Å². The molecule has 0 spiro atoms. The molecule has 0 unspecified atom stereocenters. The fraction of sp³-hybridized carbons (Fsp3) is 0.333. The molecule has 0 aliphatic carbocycles. The third-order valence-electron chi connectivity index (χ3n) is 3.54. The predicted octanol–water partition coefficient (Wildman–Crippen LogP) is 3.85. The number of hydrogen-bond donors (Lipinski definition) is 2. The Morgan fingerprint density at radius 2 is 2.00 bits per heavy atom. The van der Waals surface area contributed by atoms with Crippen LogP contribution in [0.15, 0.2) is 42.7 Å². The second-order valence-corrected chi connectivity index (χ2v) is 6.62. The maximum absolute atomic E-state index is 14.1. The highest BCUT2D eigenvalue weighted by Crippen LogP contribution is 2.24. The van der Waals surface area contributed by atoms with Crippen LogP contribution < -0.4 is 15.8 Å². The van der Waals surface area contributed by atoms with Crippen LogP contribution in [0.3, 0.4) is 0 Å². The van der Waals surface area contributed by atoms with Crippen LogP contribution in [-0.4, -0.2) is 16.9 Å². The molecule has 5 nitrogen and oxygen atoms in total. The Bertz CT molecular complexity index is 709. The van der Waals surface area contributed by atoms with Gasteiger partial charge in [-0.2, -0.15) is 0 Å². The van der Waals surface area contributed by atoms with Crippen molar-refractivity contribution in [1.29, 1.82) is 0 Å². The molecule has 0 bridgehead atoms. The number of aromatic nitrogens is 1. The number of nitrogens with two attached hydrogens (primary N) is 1. The summed E-state index contributed by atoms with van der Waals surface area (Å²) in [6.07, 6.45) is 3.11. The van der Waals surface area contributed by atoms with E-state index in [2.05, 4.69) is 10.3 Å². The first-order valence-electron chi connectivity index (χ1n) is 7.67. The van der Waals surface area contributed by atoms with Gasteiger partial charge in [0.2, 0.25) is 5.91 Å². The van der Waals surface area contributed by atoms with E-state index in [1.807, 2.05) is 20.8 Å². The lowest BCUT2D eigenvalue weighted by Gasteiger charge is -2.25. The van der Waals surface area contributed by atoms with Crippen molar-refractivity contribution >= 4 is 30.7 Å². The van der Waals surface area contributed by atoms with E-state index in [1.165, 1.54) is 18.3 Å². The zero-order valence-corrected chi connectivity index (χ0v) is 16.5. The summed E-state index contributed by atoms with van der Waals surface area (Å²) in [7, 11) is 0. The average Bonchev–Trinajstić information content (AvgIpc) is 2.54. The lowest BCUT2D eigenvalue weighted by molar-refractivity contribution is -0.124. The molecule has 26 heavy (non-hydrogen) atoms. The van der Waals surface area contributed by atoms with Gasteiger partial charge in [-0.1, -0.05) is 26.8 Å². The molecule has 0 fully saturated rings. The first-order valence-corrected chi connectivity index (χ1v) is 7.67. The van der Waals surface area contributed by atoms with E-state index in [4.69, 9.17) is 10.5 Å². The van der Waals surface area contributed by atoms with Crippen LogP contribution >= 0.6 is 24.8 Å². The minimum absolute atomic E-state index is 0. The molecule has 144 valence electrons. The number of carbonyl (C=O) groups excluding carboxylic acids is 1. The van der Waals surface area contributed by atoms with Crippen LogP contribution in [0.1, 0.15) is 26.3 Å². The molecule has 0 radical (unpaired) electrons. The Hall–Kier alpha value is -1.89. The Morgan fingerprint density at radius 1 is 1.31 bits per heavy atom. The monoisotopic (exact) mass is 403 g/mol. The second-order valence-electron chi connectivity index (χ2n) is 6.62. The third kappa shape index (κ3) is 6.78. The van der Waals surface area contributed by atoms with Crippen molar-refractivity contribution in [1.82, 2.24) is 10.3 Å². The van der Waals surface area contributed by atoms with Crippen LogP contribution in [0, 0.1) is 11.2 Å². The van der Waals surface area contributed by atoms with Gasteiger partial charge in [0.05, 0.1) is 12.2 Å². The molecule has 1 aromatic heterocycles. The highest BCUT2D eigenvalue weighted by molar-refractivity contribution is 5.85. The van der Waals surface area contributed by atoms with E-state index in [0.717, 1.165) is 0 Å². The predicted molar refractivity (Wildman–Crippen MR) is 104 cm³/mol. The Labute approximate surface area is 165 Å². The first-order chi connectivity index (χ1) is 11.3. The van der Waals surface area contributed by atoms with Crippen LogP contribution in [0.2, 0.25) is 0 Å². The topological polar surface area (TPSA) is 77.2 Å². The van der Waals surface area contributed by atoms with Crippen molar-refractivity contribution in [2.45, 2.75) is 33.4 Å². The average molecular weight is 404 g/mol. The summed E-state index contributed by atoms with van der Waals surface area (Å²) in [6, 6.07) is 7.31. The SMILES string of the molecule is CC(C)(C)[C@H](N)C(=O)NCc1ccc(Oc2cccnc2)c(F)c1.Cl.Cl. The van der Waals surface area contributed by atoms with Gasteiger partial charge >= 0.3 is 0 Å². The number of pyridine rings is 1. The molecule has 8 heteroatoms. The highest BCUT2D eigenvalue weighted by Gasteiger charge is 2.27. The Morgan fingerprint density at radius 3 is 2.54 bits per heavy atom. The fourth-order valence-corrected chi connectivity index (χ4v) is 1.96. The minimum Gasteiger partial charge on any atom is -0.453 e. The second kappa shape index (κ2) is 10.3. The Balaban J connectivity index is 0.00000312. The zero-order chi connectivity index (χ0) is 17.7. The van der Waals surface area contributed by atoms with Crippen LogP contribution in [0.5, 0.6) is 11.5 Å². The molecule has 1 atom stereocenters. The summed E-state index contributed by atoms with van der Waals surface area (Å²) < 4.78 is 19.6. The number of halogens is 3. The summed E-state index contributed by atoms with van der Waals surface area (Å²) in [5.74, 6) is -0.220. The molecule has 2 aromatic rings. The van der Waals surface area contributed by atoms with Gasteiger partial charge in [-0.3, -0.25) is 9.78 Å². The summed E-state index contributed by atoms with van der Waals surface area (Å²) in [6.45, 7) is 5.87. The molecular weight excluding hydrogens is 380 g/mol. The lowest BCUT2D eigenvalue weighted by Crippen LogP contribution is -2.48. The highest BCUT2D eigenvalue weighted by atomic mass is 35.5. The number of benzene rings is 1. The summed E-state index contributed by atoms with van der Waals surface area (Å²) >= 11 is 0. The summed E-state index contributed by atoms with van der Waals surface area (Å²) in [4.78, 5) is 15.9. The van der Waals surface area contributed by atoms with Crippen molar-refractivity contribution < 1.29 is 13.9 Å². The molecular formula is C18H24Cl2FN3O2. The zero-order valence-electron chi connectivity index (χ0n) is 14.9. The molecule has 0 saturated heterocycles. The van der Waals surface area contributed by atoms with Gasteiger partial charge in [0.1, 0.15) is 5.75 Å². The van der Waals surface area contributed by atoms with Crippen LogP contribution in [0.4, 0.5) is 4.39 Å². The normalized spacial score (nSPS) is 11.6. The van der Waals surface area contributed by atoms with Gasteiger partial charge in [-0.05, 0) is 35.2 Å². The van der Waals surface area contributed by atoms with Crippen LogP contribution in [0.25, 0.3) is 0 Å². The first kappa shape index (κ1) is 24.1. The fourth-order valence-electron chi connectivity index (χ4n) is 1.96. The number of ether oxygens (including phenoxy) is 1. The van der Waals surface area contributed by atoms with E-state index >= 15 is 0 Å². The number of amides is 1. The molecule has 0 aliphatic rings. The maximum Gasteiger partial charge on any atom is 0.237 e. The molecule has 0 saturated carbocycles. The molecule has 1 aromatic carbocycles. The van der Waals surface area contributed by atoms with Gasteiger partial charge in [0.25, 0.3) is 0 Å². The summed E-state index contributed by atoms with van der Waals surface area (Å²) in [5, 5.41) is 2.72. The van der Waals surface area contributed by atoms with Crippen molar-refractivity contribution in [2.75, 3.05) is 0 Å². The van der Waals surface area contributed by atoms with Gasteiger partial charge < -0.3 is 15.8 Å². The molecule has 2 rings (SSSR count). The van der Waals surface area contributed by atoms with Crippen molar-refractivity contribution in [3.05, 3.63) is 54.1 Å². The van der Waals surface area contributed by atoms with Crippen molar-refractivity contribution in [3.63, 3.8) is 0 Å². The molecule has 1 heterocycles. The van der Waals surface area contributed by atoms with Crippen LogP contribution in [-0.2, 0) is 11.3 Å². The third-order valence-corrected chi connectivity index (χ3v) is 3.54. The molecule has 0 aliphatic heterocycles. The lowest BCUT2D eigenvalue weighted by atomic mass is 9.87. The van der Waals surface area contributed by atoms with Crippen molar-refractivity contribution in [2.24, 2.45) is 11.1 Å². The number of carbonyl (C=O) groups is 1. The van der Waals surface area contributed by atoms with Crippen molar-refractivity contribution in [3.8, 4) is 11.5 Å². The Kier molecular flexibility index (Phi) is 9.56. The van der Waals surface area contributed by atoms with E-state index in [-0.39, 0.29) is 48.4 Å². The van der Waals surface area contributed by atoms with Gasteiger partial charge in [0.15, 0.2) is 11.6 Å². The number of nitrogens with zero attached hydrogens (tertiary/aromatic N) is 1. The molecule has 3 N–H and O–H groups in total. The quantitative estimate of drug-likeness (QED) is 0.794. The van der Waals surface area contributed by atoms with Gasteiger partial charge in [0, 0.05) is 12.7 Å². The van der Waals surface area contributed by atoms with E-state index < -0.39 is 11.9 Å². The van der Waals surface area contributed by atoms with Gasteiger partial charge in [-0.15, -0.1) is 24.8 Å². The minimum atomic E-state index is -0.629. The number of hydrogen-bond acceptors (Lipinski definition) is 4. The summed E-state index contributed by atoms with van der Waals surface area (Å²) in [5.41, 5.74) is 6.18. The standard InChI is InChI=1S/C18H22FN3O2.2ClH/c1-18(2,3)16(20)17(23)22-10-12-6-7-15(14(19)9-12)24-13-5-4-8-21-11-13;;/h4-9,11,16H,10,20H2,1-3H3,(H,22,23);2*1H/t16-;;/m1../s1. The number of rotatable bonds is 5.